The standard InChI is InChI=1S/C22H22N8O2/c1-3-4-5-14-20-24-11-25-30(20)10-15(26-14)18-27-17(23)16-19(28-18)29-21(32)22(16,2)12-6-8-13(31)9-7-12/h6-11,31H,3-5H2,1-2H3,(H3,23,27,28,29,32)/t22-/m0/s1. The molecule has 0 aliphatic carbocycles. The number of fused-ring (bicyclic) bond motifs is 2. The van der Waals surface area contributed by atoms with E-state index in [1.165, 1.54) is 18.5 Å². The number of carbonyl (C=O) groups excluding carboxylic acids is 1. The zero-order valence-corrected chi connectivity index (χ0v) is 17.7. The number of anilines is 2. The minimum Gasteiger partial charge on any atom is -0.508 e. The van der Waals surface area contributed by atoms with Crippen LogP contribution in [0.5, 0.6) is 5.75 Å². The maximum atomic E-state index is 13.0. The van der Waals surface area contributed by atoms with Crippen LogP contribution in [-0.2, 0) is 16.6 Å². The van der Waals surface area contributed by atoms with Crippen molar-refractivity contribution >= 4 is 23.2 Å². The van der Waals surface area contributed by atoms with Crippen LogP contribution in [0.15, 0.2) is 36.8 Å². The van der Waals surface area contributed by atoms with Crippen LogP contribution in [0.4, 0.5) is 11.6 Å². The molecule has 1 atom stereocenters. The van der Waals surface area contributed by atoms with Gasteiger partial charge in [0.2, 0.25) is 5.91 Å². The molecule has 4 N–H and O–H groups in total. The molecular formula is C22H22N8O2. The fourth-order valence-corrected chi connectivity index (χ4v) is 4.10. The van der Waals surface area contributed by atoms with Crippen molar-refractivity contribution in [2.75, 3.05) is 11.1 Å². The number of rotatable bonds is 5. The second-order valence-electron chi connectivity index (χ2n) is 7.99. The summed E-state index contributed by atoms with van der Waals surface area (Å²) in [5.41, 5.74) is 8.48. The van der Waals surface area contributed by atoms with Crippen LogP contribution in [0.2, 0.25) is 0 Å². The third-order valence-electron chi connectivity index (χ3n) is 5.90. The van der Waals surface area contributed by atoms with Gasteiger partial charge in [0, 0.05) is 0 Å². The van der Waals surface area contributed by atoms with Crippen molar-refractivity contribution in [2.45, 2.75) is 38.5 Å². The van der Waals surface area contributed by atoms with Gasteiger partial charge in [0.25, 0.3) is 0 Å². The van der Waals surface area contributed by atoms with Gasteiger partial charge in [-0.25, -0.2) is 24.5 Å². The first-order valence-electron chi connectivity index (χ1n) is 10.4. The Morgan fingerprint density at radius 3 is 2.72 bits per heavy atom. The largest absolute Gasteiger partial charge is 0.508 e. The molecule has 0 saturated heterocycles. The Morgan fingerprint density at radius 2 is 1.97 bits per heavy atom. The summed E-state index contributed by atoms with van der Waals surface area (Å²) >= 11 is 0. The Hall–Kier alpha value is -4.08. The number of hydrogen-bond acceptors (Lipinski definition) is 8. The van der Waals surface area contributed by atoms with E-state index in [9.17, 15) is 9.90 Å². The van der Waals surface area contributed by atoms with Gasteiger partial charge < -0.3 is 16.2 Å². The highest BCUT2D eigenvalue weighted by molar-refractivity contribution is 6.09. The van der Waals surface area contributed by atoms with E-state index >= 15 is 0 Å². The minimum atomic E-state index is -1.08. The molecule has 10 nitrogen and oxygen atoms in total. The van der Waals surface area contributed by atoms with Crippen molar-refractivity contribution in [1.29, 1.82) is 0 Å². The van der Waals surface area contributed by atoms with E-state index in [2.05, 4.69) is 32.3 Å². The first kappa shape index (κ1) is 19.9. The Labute approximate surface area is 183 Å². The summed E-state index contributed by atoms with van der Waals surface area (Å²) in [5.74, 6) is 0.688. The molecule has 1 aromatic carbocycles. The Balaban J connectivity index is 1.63. The molecule has 1 amide bonds. The average molecular weight is 430 g/mol. The summed E-state index contributed by atoms with van der Waals surface area (Å²) in [6.45, 7) is 3.88. The number of nitrogen functional groups attached to an aromatic ring is 1. The zero-order chi connectivity index (χ0) is 22.5. The second-order valence-corrected chi connectivity index (χ2v) is 7.99. The molecule has 4 aromatic rings. The molecule has 10 heteroatoms. The summed E-state index contributed by atoms with van der Waals surface area (Å²) in [6, 6.07) is 6.45. The number of benzene rings is 1. The maximum Gasteiger partial charge on any atom is 0.240 e. The Kier molecular flexibility index (Phi) is 4.50. The van der Waals surface area contributed by atoms with Gasteiger partial charge in [-0.2, -0.15) is 5.10 Å². The number of nitrogens with zero attached hydrogens (tertiary/aromatic N) is 6. The monoisotopic (exact) mass is 430 g/mol. The third-order valence-corrected chi connectivity index (χ3v) is 5.90. The lowest BCUT2D eigenvalue weighted by Gasteiger charge is -2.23. The third kappa shape index (κ3) is 2.95. The second kappa shape index (κ2) is 7.26. The van der Waals surface area contributed by atoms with Gasteiger partial charge in [-0.3, -0.25) is 4.79 Å². The molecule has 162 valence electrons. The number of aromatic nitrogens is 6. The number of phenolic OH excluding ortho intramolecular Hbond substituents is 1. The van der Waals surface area contributed by atoms with Crippen molar-refractivity contribution in [3.8, 4) is 17.3 Å². The number of aromatic hydroxyl groups is 1. The molecule has 0 fully saturated rings. The molecule has 1 aliphatic rings. The topological polar surface area (TPSA) is 144 Å². The van der Waals surface area contributed by atoms with Crippen molar-refractivity contribution in [3.05, 3.63) is 53.6 Å². The van der Waals surface area contributed by atoms with Gasteiger partial charge in [-0.1, -0.05) is 25.5 Å². The fraction of sp³-hybridized carbons (Fsp3) is 0.273. The van der Waals surface area contributed by atoms with E-state index in [-0.39, 0.29) is 17.5 Å². The first-order valence-corrected chi connectivity index (χ1v) is 10.4. The van der Waals surface area contributed by atoms with Gasteiger partial charge in [-0.05, 0) is 37.5 Å². The van der Waals surface area contributed by atoms with Crippen molar-refractivity contribution < 1.29 is 9.90 Å². The van der Waals surface area contributed by atoms with Crippen LogP contribution in [0.3, 0.4) is 0 Å². The summed E-state index contributed by atoms with van der Waals surface area (Å²) in [7, 11) is 0. The smallest absolute Gasteiger partial charge is 0.240 e. The van der Waals surface area contributed by atoms with Gasteiger partial charge in [-0.15, -0.1) is 0 Å². The molecular weight excluding hydrogens is 408 g/mol. The highest BCUT2D eigenvalue weighted by Gasteiger charge is 2.47. The lowest BCUT2D eigenvalue weighted by atomic mass is 9.78. The minimum absolute atomic E-state index is 0.115. The highest BCUT2D eigenvalue weighted by atomic mass is 16.3. The van der Waals surface area contributed by atoms with E-state index in [0.717, 1.165) is 25.0 Å². The number of unbranched alkanes of at least 4 members (excludes halogenated alkanes) is 1. The number of phenols is 1. The zero-order valence-electron chi connectivity index (χ0n) is 17.7. The number of carbonyl (C=O) groups is 1. The number of nitrogens with two attached hydrogens (primary N) is 1. The van der Waals surface area contributed by atoms with Crippen LogP contribution in [0, 0.1) is 0 Å². The predicted molar refractivity (Wildman–Crippen MR) is 118 cm³/mol. The molecule has 5 rings (SSSR count). The molecule has 0 bridgehead atoms. The maximum absolute atomic E-state index is 13.0. The van der Waals surface area contributed by atoms with Crippen LogP contribution < -0.4 is 11.1 Å². The Morgan fingerprint density at radius 1 is 1.19 bits per heavy atom. The lowest BCUT2D eigenvalue weighted by Crippen LogP contribution is -2.32. The first-order chi connectivity index (χ1) is 15.4. The van der Waals surface area contributed by atoms with Crippen LogP contribution in [0.25, 0.3) is 17.2 Å². The number of amides is 1. The van der Waals surface area contributed by atoms with Crippen molar-refractivity contribution in [1.82, 2.24) is 29.5 Å². The van der Waals surface area contributed by atoms with Crippen LogP contribution in [-0.4, -0.2) is 40.6 Å². The predicted octanol–water partition coefficient (Wildman–Crippen LogP) is 2.47. The summed E-state index contributed by atoms with van der Waals surface area (Å²) in [5, 5.41) is 16.7. The number of hydrogen-bond donors (Lipinski definition) is 3. The normalized spacial score (nSPS) is 17.5. The van der Waals surface area contributed by atoms with Crippen LogP contribution in [0.1, 0.15) is 43.5 Å². The summed E-state index contributed by atoms with van der Waals surface area (Å²) in [6.07, 6.45) is 5.93. The summed E-state index contributed by atoms with van der Waals surface area (Å²) in [4.78, 5) is 31.1. The molecule has 0 unspecified atom stereocenters. The van der Waals surface area contributed by atoms with E-state index in [1.807, 2.05) is 0 Å². The quantitative estimate of drug-likeness (QED) is 0.438. The van der Waals surface area contributed by atoms with Gasteiger partial charge in [0.1, 0.15) is 34.8 Å². The van der Waals surface area contributed by atoms with E-state index in [4.69, 9.17) is 10.7 Å². The number of aryl methyl sites for hydroxylation is 1. The summed E-state index contributed by atoms with van der Waals surface area (Å²) < 4.78 is 1.65. The van der Waals surface area contributed by atoms with Gasteiger partial charge >= 0.3 is 0 Å². The Bertz CT molecular complexity index is 1350. The van der Waals surface area contributed by atoms with E-state index < -0.39 is 5.41 Å². The average Bonchev–Trinajstić information content (AvgIpc) is 3.35. The van der Waals surface area contributed by atoms with Gasteiger partial charge in [0.05, 0.1) is 17.5 Å². The number of nitrogens with one attached hydrogen (secondary N) is 1. The van der Waals surface area contributed by atoms with Crippen molar-refractivity contribution in [2.24, 2.45) is 0 Å². The lowest BCUT2D eigenvalue weighted by molar-refractivity contribution is -0.119. The molecule has 3 aromatic heterocycles. The van der Waals surface area contributed by atoms with Crippen LogP contribution >= 0.6 is 0 Å². The van der Waals surface area contributed by atoms with Crippen molar-refractivity contribution in [3.63, 3.8) is 0 Å². The molecule has 4 heterocycles. The molecule has 1 aliphatic heterocycles. The van der Waals surface area contributed by atoms with Gasteiger partial charge in [0.15, 0.2) is 11.5 Å². The molecule has 0 spiro atoms. The molecule has 0 radical (unpaired) electrons. The molecule has 32 heavy (non-hydrogen) atoms. The highest BCUT2D eigenvalue weighted by Crippen LogP contribution is 2.45. The molecule has 0 saturated carbocycles. The van der Waals surface area contributed by atoms with E-state index in [1.54, 1.807) is 29.8 Å². The SMILES string of the molecule is CCCCc1nc(-c2nc(N)c3c(n2)NC(=O)[C@@]3(C)c2ccc(O)cc2)cn2ncnc12. The fourth-order valence-electron chi connectivity index (χ4n) is 4.10. The van der Waals surface area contributed by atoms with E-state index in [0.29, 0.717) is 34.1 Å².